The van der Waals surface area contributed by atoms with Crippen molar-refractivity contribution in [3.05, 3.63) is 47.1 Å². The summed E-state index contributed by atoms with van der Waals surface area (Å²) in [5, 5.41) is 3.99. The van der Waals surface area contributed by atoms with E-state index in [0.29, 0.717) is 18.1 Å². The molecular weight excluding hydrogens is 226 g/mol. The average Bonchev–Trinajstić information content (AvgIpc) is 2.79. The normalized spacial score (nSPS) is 12.9. The number of hydrogen-bond donors (Lipinski definition) is 1. The van der Waals surface area contributed by atoms with Gasteiger partial charge in [-0.2, -0.15) is 4.98 Å². The molecule has 0 amide bonds. The molecule has 0 unspecified atom stereocenters. The minimum Gasteiger partial charge on any atom is -0.338 e. The van der Waals surface area contributed by atoms with Gasteiger partial charge < -0.3 is 10.3 Å². The fourth-order valence-corrected chi connectivity index (χ4v) is 1.74. The van der Waals surface area contributed by atoms with Gasteiger partial charge in [0.1, 0.15) is 0 Å². The number of hydrogen-bond acceptors (Lipinski definition) is 4. The van der Waals surface area contributed by atoms with Crippen molar-refractivity contribution >= 4 is 0 Å². The fourth-order valence-electron chi connectivity index (χ4n) is 1.74. The molecule has 2 N–H and O–H groups in total. The third-order valence-electron chi connectivity index (χ3n) is 3.10. The van der Waals surface area contributed by atoms with Crippen LogP contribution in [0.15, 0.2) is 28.8 Å². The summed E-state index contributed by atoms with van der Waals surface area (Å²) in [6.45, 7) is 6.15. The van der Waals surface area contributed by atoms with E-state index in [-0.39, 0.29) is 12.0 Å². The number of aryl methyl sites for hydroxylation is 1. The molecule has 2 aromatic rings. The first-order valence-corrected chi connectivity index (χ1v) is 6.20. The van der Waals surface area contributed by atoms with Gasteiger partial charge in [0.2, 0.25) is 5.89 Å². The van der Waals surface area contributed by atoms with Crippen LogP contribution in [0.2, 0.25) is 0 Å². The summed E-state index contributed by atoms with van der Waals surface area (Å²) in [6.07, 6.45) is 0.682. The van der Waals surface area contributed by atoms with Crippen molar-refractivity contribution in [3.8, 4) is 0 Å². The highest BCUT2D eigenvalue weighted by molar-refractivity contribution is 5.28. The Morgan fingerprint density at radius 3 is 2.67 bits per heavy atom. The maximum Gasteiger partial charge on any atom is 0.243 e. The van der Waals surface area contributed by atoms with Gasteiger partial charge in [0.25, 0.3) is 0 Å². The first kappa shape index (κ1) is 12.8. The highest BCUT2D eigenvalue weighted by Crippen LogP contribution is 2.18. The van der Waals surface area contributed by atoms with Crippen molar-refractivity contribution in [2.24, 2.45) is 11.7 Å². The number of nitrogens with zero attached hydrogens (tertiary/aromatic N) is 2. The molecule has 0 aliphatic carbocycles. The first-order valence-electron chi connectivity index (χ1n) is 6.20. The van der Waals surface area contributed by atoms with Gasteiger partial charge in [0.15, 0.2) is 5.82 Å². The first-order chi connectivity index (χ1) is 8.58. The van der Waals surface area contributed by atoms with Gasteiger partial charge in [-0.15, -0.1) is 0 Å². The Bertz CT molecular complexity index is 519. The van der Waals surface area contributed by atoms with Crippen LogP contribution in [0.3, 0.4) is 0 Å². The molecule has 0 radical (unpaired) electrons. The molecule has 0 saturated carbocycles. The van der Waals surface area contributed by atoms with Crippen molar-refractivity contribution in [2.75, 3.05) is 0 Å². The van der Waals surface area contributed by atoms with Crippen molar-refractivity contribution in [1.82, 2.24) is 10.1 Å². The average molecular weight is 245 g/mol. The van der Waals surface area contributed by atoms with E-state index in [1.807, 2.05) is 26.0 Å². The van der Waals surface area contributed by atoms with Gasteiger partial charge in [0.05, 0.1) is 6.04 Å². The van der Waals surface area contributed by atoms with Crippen LogP contribution < -0.4 is 5.73 Å². The van der Waals surface area contributed by atoms with Crippen LogP contribution in [0.1, 0.15) is 42.7 Å². The summed E-state index contributed by atoms with van der Waals surface area (Å²) in [6, 6.07) is 8.01. The molecule has 18 heavy (non-hydrogen) atoms. The van der Waals surface area contributed by atoms with Gasteiger partial charge in [-0.1, -0.05) is 43.3 Å². The lowest BCUT2D eigenvalue weighted by Gasteiger charge is -2.09. The summed E-state index contributed by atoms with van der Waals surface area (Å²) < 4.78 is 5.21. The highest BCUT2D eigenvalue weighted by Gasteiger charge is 2.18. The number of benzene rings is 1. The molecule has 1 heterocycles. The van der Waals surface area contributed by atoms with E-state index < -0.39 is 0 Å². The van der Waals surface area contributed by atoms with Gasteiger partial charge in [-0.25, -0.2) is 0 Å². The van der Waals surface area contributed by atoms with Crippen molar-refractivity contribution in [3.63, 3.8) is 0 Å². The smallest absolute Gasteiger partial charge is 0.243 e. The van der Waals surface area contributed by atoms with Crippen molar-refractivity contribution in [1.29, 1.82) is 0 Å². The second-order valence-corrected chi connectivity index (χ2v) is 4.92. The maximum atomic E-state index is 5.98. The van der Waals surface area contributed by atoms with Crippen LogP contribution in [0, 0.1) is 12.8 Å². The summed E-state index contributed by atoms with van der Waals surface area (Å²) in [5.74, 6) is 1.50. The molecule has 0 aliphatic rings. The maximum absolute atomic E-state index is 5.98. The van der Waals surface area contributed by atoms with E-state index in [2.05, 4.69) is 29.2 Å². The second-order valence-electron chi connectivity index (χ2n) is 4.92. The van der Waals surface area contributed by atoms with Gasteiger partial charge in [-0.05, 0) is 24.0 Å². The van der Waals surface area contributed by atoms with Crippen LogP contribution in [-0.4, -0.2) is 10.1 Å². The lowest BCUT2D eigenvalue weighted by atomic mass is 10.1. The second kappa shape index (κ2) is 5.31. The Morgan fingerprint density at radius 2 is 2.00 bits per heavy atom. The molecule has 4 nitrogen and oxygen atoms in total. The van der Waals surface area contributed by atoms with Crippen LogP contribution in [0.5, 0.6) is 0 Å². The van der Waals surface area contributed by atoms with Crippen LogP contribution in [0.4, 0.5) is 0 Å². The lowest BCUT2D eigenvalue weighted by Crippen LogP contribution is -2.17. The highest BCUT2D eigenvalue weighted by atomic mass is 16.5. The molecule has 1 aromatic carbocycles. The molecule has 4 heteroatoms. The molecule has 1 atom stereocenters. The molecular formula is C14H19N3O. The largest absolute Gasteiger partial charge is 0.338 e. The van der Waals surface area contributed by atoms with Crippen LogP contribution in [-0.2, 0) is 6.42 Å². The Kier molecular flexibility index (Phi) is 3.77. The molecule has 0 fully saturated rings. The van der Waals surface area contributed by atoms with E-state index in [0.717, 1.165) is 0 Å². The lowest BCUT2D eigenvalue weighted by molar-refractivity contribution is 0.322. The van der Waals surface area contributed by atoms with Gasteiger partial charge >= 0.3 is 0 Å². The zero-order valence-corrected chi connectivity index (χ0v) is 11.1. The third-order valence-corrected chi connectivity index (χ3v) is 3.10. The van der Waals surface area contributed by atoms with E-state index in [1.165, 1.54) is 11.1 Å². The summed E-state index contributed by atoms with van der Waals surface area (Å²) in [4.78, 5) is 4.37. The molecule has 0 spiro atoms. The predicted octanol–water partition coefficient (Wildman–Crippen LogP) is 2.62. The number of nitrogens with two attached hydrogens (primary N) is 1. The molecule has 0 saturated heterocycles. The molecule has 0 aliphatic heterocycles. The van der Waals surface area contributed by atoms with Crippen molar-refractivity contribution < 1.29 is 4.52 Å². The number of aromatic nitrogens is 2. The van der Waals surface area contributed by atoms with Crippen molar-refractivity contribution in [2.45, 2.75) is 33.2 Å². The Morgan fingerprint density at radius 1 is 1.28 bits per heavy atom. The standard InChI is InChI=1S/C14H19N3O/c1-9(2)13(15)14-16-12(17-18-14)8-11-7-5-4-6-10(11)3/h4-7,9,13H,8,15H2,1-3H3/t13-/m1/s1. The van der Waals surface area contributed by atoms with E-state index in [4.69, 9.17) is 10.3 Å². The van der Waals surface area contributed by atoms with Gasteiger partial charge in [-0.3, -0.25) is 0 Å². The summed E-state index contributed by atoms with van der Waals surface area (Å²) in [7, 11) is 0. The minimum atomic E-state index is -0.192. The SMILES string of the molecule is Cc1ccccc1Cc1noc([C@H](N)C(C)C)n1. The molecule has 1 aromatic heterocycles. The molecule has 2 rings (SSSR count). The monoisotopic (exact) mass is 245 g/mol. The van der Waals surface area contributed by atoms with E-state index in [9.17, 15) is 0 Å². The Labute approximate surface area is 107 Å². The summed E-state index contributed by atoms with van der Waals surface area (Å²) >= 11 is 0. The van der Waals surface area contributed by atoms with Gasteiger partial charge in [0, 0.05) is 6.42 Å². The zero-order valence-electron chi connectivity index (χ0n) is 11.1. The minimum absolute atomic E-state index is 0.192. The number of rotatable bonds is 4. The Hall–Kier alpha value is -1.68. The topological polar surface area (TPSA) is 64.9 Å². The Balaban J connectivity index is 2.14. The fraction of sp³-hybridized carbons (Fsp3) is 0.429. The predicted molar refractivity (Wildman–Crippen MR) is 70.0 cm³/mol. The van der Waals surface area contributed by atoms with E-state index in [1.54, 1.807) is 0 Å². The van der Waals surface area contributed by atoms with Crippen LogP contribution in [0.25, 0.3) is 0 Å². The van der Waals surface area contributed by atoms with E-state index >= 15 is 0 Å². The molecule has 96 valence electrons. The van der Waals surface area contributed by atoms with Crippen LogP contribution >= 0.6 is 0 Å². The quantitative estimate of drug-likeness (QED) is 0.899. The third kappa shape index (κ3) is 2.76. The zero-order chi connectivity index (χ0) is 13.1. The summed E-state index contributed by atoms with van der Waals surface area (Å²) in [5.41, 5.74) is 8.42. The molecule has 0 bridgehead atoms.